The van der Waals surface area contributed by atoms with E-state index in [4.69, 9.17) is 9.15 Å². The van der Waals surface area contributed by atoms with Crippen molar-refractivity contribution < 1.29 is 18.7 Å². The minimum Gasteiger partial charge on any atom is -0.454 e. The Labute approximate surface area is 159 Å². The Bertz CT molecular complexity index is 1210. The van der Waals surface area contributed by atoms with Crippen LogP contribution in [-0.2, 0) is 0 Å². The maximum atomic E-state index is 12.6. The van der Waals surface area contributed by atoms with Gasteiger partial charge in [0.15, 0.2) is 11.5 Å². The molecule has 0 saturated heterocycles. The Balaban J connectivity index is 1.44. The fourth-order valence-corrected chi connectivity index (χ4v) is 3.13. The number of ether oxygens (including phenoxy) is 1. The third-order valence-electron chi connectivity index (χ3n) is 4.49. The molecular formula is C22H14N2O4. The molecule has 0 radical (unpaired) electrons. The van der Waals surface area contributed by atoms with E-state index in [-0.39, 0.29) is 11.7 Å². The first-order valence-corrected chi connectivity index (χ1v) is 8.69. The van der Waals surface area contributed by atoms with Crippen LogP contribution >= 0.6 is 0 Å². The van der Waals surface area contributed by atoms with E-state index >= 15 is 0 Å². The molecular weight excluding hydrogens is 356 g/mol. The Morgan fingerprint density at radius 3 is 2.61 bits per heavy atom. The van der Waals surface area contributed by atoms with Crippen LogP contribution in [0.2, 0.25) is 0 Å². The number of anilines is 2. The molecule has 28 heavy (non-hydrogen) atoms. The molecule has 6 heteroatoms. The number of carbonyl (C=O) groups excluding carboxylic acids is 2. The molecule has 0 spiro atoms. The van der Waals surface area contributed by atoms with E-state index in [1.54, 1.807) is 42.5 Å². The molecule has 136 valence electrons. The SMILES string of the molecule is O=C(Nc1ccc2c(c1)C(=O)Nc1ccccc1O2)c1cc2ccccc2o1. The lowest BCUT2D eigenvalue weighted by Crippen LogP contribution is -2.13. The van der Waals surface area contributed by atoms with Gasteiger partial charge in [-0.15, -0.1) is 0 Å². The summed E-state index contributed by atoms with van der Waals surface area (Å²) in [6.07, 6.45) is 0. The molecule has 4 aromatic rings. The van der Waals surface area contributed by atoms with Crippen LogP contribution in [0.15, 0.2) is 77.2 Å². The zero-order valence-corrected chi connectivity index (χ0v) is 14.6. The number of benzene rings is 3. The number of nitrogens with one attached hydrogen (secondary N) is 2. The van der Waals surface area contributed by atoms with Crippen LogP contribution in [0, 0.1) is 0 Å². The lowest BCUT2D eigenvalue weighted by Gasteiger charge is -2.09. The summed E-state index contributed by atoms with van der Waals surface area (Å²) in [7, 11) is 0. The summed E-state index contributed by atoms with van der Waals surface area (Å²) in [5.41, 5.74) is 2.03. The van der Waals surface area contributed by atoms with Crippen molar-refractivity contribution in [3.05, 3.63) is 84.1 Å². The molecule has 0 unspecified atom stereocenters. The Morgan fingerprint density at radius 2 is 1.71 bits per heavy atom. The van der Waals surface area contributed by atoms with E-state index < -0.39 is 5.91 Å². The second-order valence-electron chi connectivity index (χ2n) is 6.37. The van der Waals surface area contributed by atoms with Gasteiger partial charge in [0.25, 0.3) is 11.8 Å². The number of para-hydroxylation sites is 3. The van der Waals surface area contributed by atoms with E-state index in [1.165, 1.54) is 0 Å². The predicted octanol–water partition coefficient (Wildman–Crippen LogP) is 5.04. The molecule has 2 N–H and O–H groups in total. The second kappa shape index (κ2) is 6.28. The van der Waals surface area contributed by atoms with Gasteiger partial charge in [0, 0.05) is 11.1 Å². The van der Waals surface area contributed by atoms with Crippen molar-refractivity contribution in [1.82, 2.24) is 0 Å². The van der Waals surface area contributed by atoms with Crippen molar-refractivity contribution in [1.29, 1.82) is 0 Å². The standard InChI is InChI=1S/C22H14N2O4/c25-21-15-12-14(9-10-18(15)28-19-8-4-2-6-16(19)24-21)23-22(26)20-11-13-5-1-3-7-17(13)27-20/h1-12H,(H,23,26)(H,24,25). The smallest absolute Gasteiger partial charge is 0.291 e. The quantitative estimate of drug-likeness (QED) is 0.518. The maximum Gasteiger partial charge on any atom is 0.291 e. The minimum absolute atomic E-state index is 0.198. The maximum absolute atomic E-state index is 12.6. The fourth-order valence-electron chi connectivity index (χ4n) is 3.13. The summed E-state index contributed by atoms with van der Waals surface area (Å²) in [6.45, 7) is 0. The monoisotopic (exact) mass is 370 g/mol. The summed E-state index contributed by atoms with van der Waals surface area (Å²) in [4.78, 5) is 25.1. The van der Waals surface area contributed by atoms with E-state index in [0.29, 0.717) is 34.0 Å². The summed E-state index contributed by atoms with van der Waals surface area (Å²) < 4.78 is 11.4. The number of rotatable bonds is 2. The average molecular weight is 370 g/mol. The van der Waals surface area contributed by atoms with E-state index in [2.05, 4.69) is 10.6 Å². The highest BCUT2D eigenvalue weighted by Crippen LogP contribution is 2.36. The third kappa shape index (κ3) is 2.77. The molecule has 0 aliphatic carbocycles. The molecule has 5 rings (SSSR count). The average Bonchev–Trinajstić information content (AvgIpc) is 3.09. The van der Waals surface area contributed by atoms with Crippen molar-refractivity contribution in [3.8, 4) is 11.5 Å². The Morgan fingerprint density at radius 1 is 0.893 bits per heavy atom. The predicted molar refractivity (Wildman–Crippen MR) is 105 cm³/mol. The lowest BCUT2D eigenvalue weighted by molar-refractivity contribution is 0.0995. The third-order valence-corrected chi connectivity index (χ3v) is 4.49. The normalized spacial score (nSPS) is 12.4. The number of carbonyl (C=O) groups is 2. The topological polar surface area (TPSA) is 80.6 Å². The first-order valence-electron chi connectivity index (χ1n) is 8.69. The van der Waals surface area contributed by atoms with Crippen LogP contribution in [-0.4, -0.2) is 11.8 Å². The molecule has 1 aromatic heterocycles. The van der Waals surface area contributed by atoms with Gasteiger partial charge in [-0.1, -0.05) is 30.3 Å². The molecule has 0 atom stereocenters. The van der Waals surface area contributed by atoms with Gasteiger partial charge in [0.05, 0.1) is 11.3 Å². The van der Waals surface area contributed by atoms with Crippen molar-refractivity contribution in [3.63, 3.8) is 0 Å². The second-order valence-corrected chi connectivity index (χ2v) is 6.37. The van der Waals surface area contributed by atoms with Crippen molar-refractivity contribution in [2.24, 2.45) is 0 Å². The summed E-state index contributed by atoms with van der Waals surface area (Å²) in [5, 5.41) is 6.42. The fraction of sp³-hybridized carbons (Fsp3) is 0. The van der Waals surface area contributed by atoms with Crippen molar-refractivity contribution in [2.75, 3.05) is 10.6 Å². The number of hydrogen-bond acceptors (Lipinski definition) is 4. The van der Waals surface area contributed by atoms with Gasteiger partial charge >= 0.3 is 0 Å². The molecule has 6 nitrogen and oxygen atoms in total. The van der Waals surface area contributed by atoms with Crippen LogP contribution in [0.5, 0.6) is 11.5 Å². The Hall–Kier alpha value is -4.06. The van der Waals surface area contributed by atoms with Crippen LogP contribution in [0.1, 0.15) is 20.9 Å². The molecule has 2 heterocycles. The summed E-state index contributed by atoms with van der Waals surface area (Å²) in [5.74, 6) is 0.483. The summed E-state index contributed by atoms with van der Waals surface area (Å²) >= 11 is 0. The molecule has 0 bridgehead atoms. The molecule has 1 aliphatic rings. The van der Waals surface area contributed by atoms with Crippen LogP contribution in [0.4, 0.5) is 11.4 Å². The van der Waals surface area contributed by atoms with Crippen molar-refractivity contribution in [2.45, 2.75) is 0 Å². The van der Waals surface area contributed by atoms with Gasteiger partial charge in [-0.05, 0) is 42.5 Å². The highest BCUT2D eigenvalue weighted by atomic mass is 16.5. The summed E-state index contributed by atoms with van der Waals surface area (Å²) in [6, 6.07) is 21.2. The highest BCUT2D eigenvalue weighted by Gasteiger charge is 2.21. The number of hydrogen-bond donors (Lipinski definition) is 2. The van der Waals surface area contributed by atoms with Crippen LogP contribution < -0.4 is 15.4 Å². The minimum atomic E-state index is -0.394. The number of fused-ring (bicyclic) bond motifs is 3. The number of furan rings is 1. The Kier molecular flexibility index (Phi) is 3.62. The molecule has 2 amide bonds. The van der Waals surface area contributed by atoms with Crippen LogP contribution in [0.25, 0.3) is 11.0 Å². The van der Waals surface area contributed by atoms with Gasteiger partial charge < -0.3 is 19.8 Å². The zero-order valence-electron chi connectivity index (χ0n) is 14.6. The molecule has 0 fully saturated rings. The van der Waals surface area contributed by atoms with Gasteiger partial charge in [-0.25, -0.2) is 0 Å². The van der Waals surface area contributed by atoms with Gasteiger partial charge in [0.1, 0.15) is 11.3 Å². The first kappa shape index (κ1) is 16.1. The van der Waals surface area contributed by atoms with E-state index in [1.807, 2.05) is 30.3 Å². The molecule has 3 aromatic carbocycles. The largest absolute Gasteiger partial charge is 0.454 e. The molecule has 0 saturated carbocycles. The van der Waals surface area contributed by atoms with E-state index in [0.717, 1.165) is 5.39 Å². The lowest BCUT2D eigenvalue weighted by atomic mass is 10.1. The van der Waals surface area contributed by atoms with Gasteiger partial charge in [-0.3, -0.25) is 9.59 Å². The van der Waals surface area contributed by atoms with Gasteiger partial charge in [-0.2, -0.15) is 0 Å². The highest BCUT2D eigenvalue weighted by molar-refractivity contribution is 6.10. The van der Waals surface area contributed by atoms with Crippen LogP contribution in [0.3, 0.4) is 0 Å². The zero-order chi connectivity index (χ0) is 19.1. The van der Waals surface area contributed by atoms with E-state index in [9.17, 15) is 9.59 Å². The van der Waals surface area contributed by atoms with Gasteiger partial charge in [0.2, 0.25) is 0 Å². The van der Waals surface area contributed by atoms with Crippen molar-refractivity contribution >= 4 is 34.2 Å². The number of amides is 2. The first-order chi connectivity index (χ1) is 13.7. The molecule has 1 aliphatic heterocycles.